The van der Waals surface area contributed by atoms with E-state index >= 15 is 0 Å². The van der Waals surface area contributed by atoms with Crippen molar-refractivity contribution < 1.29 is 23.5 Å². The molecule has 2 aliphatic rings. The first-order valence-corrected chi connectivity index (χ1v) is 9.23. The van der Waals surface area contributed by atoms with Crippen molar-refractivity contribution in [3.8, 4) is 11.5 Å². The van der Waals surface area contributed by atoms with Gasteiger partial charge in [-0.25, -0.2) is 4.39 Å². The van der Waals surface area contributed by atoms with Gasteiger partial charge in [0.25, 0.3) is 5.91 Å². The van der Waals surface area contributed by atoms with E-state index < -0.39 is 5.82 Å². The lowest BCUT2D eigenvalue weighted by atomic mass is 9.97. The summed E-state index contributed by atoms with van der Waals surface area (Å²) in [6.45, 7) is 5.32. The van der Waals surface area contributed by atoms with Crippen LogP contribution in [0, 0.1) is 25.6 Å². The monoisotopic (exact) mass is 384 g/mol. The summed E-state index contributed by atoms with van der Waals surface area (Å²) in [5.41, 5.74) is 2.50. The van der Waals surface area contributed by atoms with Gasteiger partial charge in [-0.15, -0.1) is 0 Å². The third-order valence-electron chi connectivity index (χ3n) is 5.08. The molecule has 0 radical (unpaired) electrons. The minimum Gasteiger partial charge on any atom is -0.491 e. The average molecular weight is 384 g/mol. The highest BCUT2D eigenvalue weighted by Crippen LogP contribution is 2.29. The third kappa shape index (κ3) is 3.56. The van der Waals surface area contributed by atoms with E-state index in [1.165, 1.54) is 12.1 Å². The van der Waals surface area contributed by atoms with Gasteiger partial charge in [-0.1, -0.05) is 0 Å². The second-order valence-corrected chi connectivity index (χ2v) is 7.42. The van der Waals surface area contributed by atoms with Gasteiger partial charge in [0.05, 0.1) is 18.4 Å². The number of halogens is 1. The summed E-state index contributed by atoms with van der Waals surface area (Å²) < 4.78 is 25.4. The second kappa shape index (κ2) is 7.22. The van der Waals surface area contributed by atoms with Gasteiger partial charge in [-0.3, -0.25) is 14.6 Å². The molecule has 2 aliphatic heterocycles. The number of ketones is 1. The number of aryl methyl sites for hydroxylation is 2. The lowest BCUT2D eigenvalue weighted by molar-refractivity contribution is -0.121. The molecule has 1 aromatic carbocycles. The van der Waals surface area contributed by atoms with Crippen LogP contribution in [0.5, 0.6) is 11.5 Å². The predicted molar refractivity (Wildman–Crippen MR) is 99.2 cm³/mol. The summed E-state index contributed by atoms with van der Waals surface area (Å²) in [4.78, 5) is 30.0. The standard InChI is InChI=1S/C21H21FN2O4/c1-12-3-13(2)23-7-20(12)27-10-14-8-24(9-14)21(26)17-5-15-4-16(25)11-28-19(15)6-18(17)22/h3,5-7,14H,4,8-11H2,1-2H3. The minimum atomic E-state index is -0.626. The summed E-state index contributed by atoms with van der Waals surface area (Å²) in [5.74, 6) is 0.183. The fourth-order valence-corrected chi connectivity index (χ4v) is 3.51. The quantitative estimate of drug-likeness (QED) is 0.810. The number of Topliss-reactive ketones (excluding diaryl/α,β-unsaturated/α-hetero) is 1. The Kier molecular flexibility index (Phi) is 4.75. The summed E-state index contributed by atoms with van der Waals surface area (Å²) in [6.07, 6.45) is 1.87. The van der Waals surface area contributed by atoms with Crippen LogP contribution in [0.15, 0.2) is 24.4 Å². The molecular weight excluding hydrogens is 363 g/mol. The lowest BCUT2D eigenvalue weighted by Gasteiger charge is -2.39. The molecule has 0 saturated carbocycles. The highest BCUT2D eigenvalue weighted by Gasteiger charge is 2.34. The highest BCUT2D eigenvalue weighted by molar-refractivity contribution is 5.96. The Labute approximate surface area is 162 Å². The third-order valence-corrected chi connectivity index (χ3v) is 5.08. The van der Waals surface area contributed by atoms with E-state index in [0.717, 1.165) is 17.0 Å². The molecule has 0 atom stereocenters. The number of carbonyl (C=O) groups is 2. The Morgan fingerprint density at radius 2 is 2.11 bits per heavy atom. The number of benzene rings is 1. The number of carbonyl (C=O) groups excluding carboxylic acids is 2. The van der Waals surface area contributed by atoms with Crippen molar-refractivity contribution in [2.75, 3.05) is 26.3 Å². The maximum absolute atomic E-state index is 14.3. The topological polar surface area (TPSA) is 68.7 Å². The molecule has 0 N–H and O–H groups in total. The van der Waals surface area contributed by atoms with Gasteiger partial charge < -0.3 is 14.4 Å². The maximum atomic E-state index is 14.3. The Hall–Kier alpha value is -2.96. The van der Waals surface area contributed by atoms with Gasteiger partial charge in [0.15, 0.2) is 5.78 Å². The molecule has 1 aromatic heterocycles. The van der Waals surface area contributed by atoms with E-state index in [2.05, 4.69) is 4.98 Å². The molecular formula is C21H21FN2O4. The molecule has 4 rings (SSSR count). The van der Waals surface area contributed by atoms with Gasteiger partial charge in [-0.2, -0.15) is 0 Å². The fourth-order valence-electron chi connectivity index (χ4n) is 3.51. The van der Waals surface area contributed by atoms with Crippen LogP contribution < -0.4 is 9.47 Å². The number of fused-ring (bicyclic) bond motifs is 1. The number of amides is 1. The van der Waals surface area contributed by atoms with E-state index in [0.29, 0.717) is 31.0 Å². The Balaban J connectivity index is 1.36. The molecule has 0 spiro atoms. The molecule has 1 amide bonds. The molecule has 2 aromatic rings. The molecule has 146 valence electrons. The maximum Gasteiger partial charge on any atom is 0.256 e. The van der Waals surface area contributed by atoms with Crippen LogP contribution in [-0.2, 0) is 11.2 Å². The van der Waals surface area contributed by atoms with Crippen LogP contribution >= 0.6 is 0 Å². The molecule has 7 heteroatoms. The average Bonchev–Trinajstić information content (AvgIpc) is 2.61. The normalized spacial score (nSPS) is 16.2. The van der Waals surface area contributed by atoms with Crippen LogP contribution in [0.2, 0.25) is 0 Å². The van der Waals surface area contributed by atoms with Crippen molar-refractivity contribution in [3.05, 3.63) is 52.6 Å². The van der Waals surface area contributed by atoms with Crippen molar-refractivity contribution >= 4 is 11.7 Å². The van der Waals surface area contributed by atoms with Gasteiger partial charge in [0.1, 0.15) is 23.9 Å². The first kappa shape index (κ1) is 18.4. The van der Waals surface area contributed by atoms with Crippen molar-refractivity contribution in [2.24, 2.45) is 5.92 Å². The van der Waals surface area contributed by atoms with Crippen molar-refractivity contribution in [1.82, 2.24) is 9.88 Å². The molecule has 0 aliphatic carbocycles. The zero-order valence-electron chi connectivity index (χ0n) is 15.8. The van der Waals surface area contributed by atoms with E-state index in [4.69, 9.17) is 9.47 Å². The summed E-state index contributed by atoms with van der Waals surface area (Å²) in [6, 6.07) is 4.59. The van der Waals surface area contributed by atoms with Crippen LogP contribution in [0.4, 0.5) is 4.39 Å². The molecule has 3 heterocycles. The minimum absolute atomic E-state index is 0.0185. The summed E-state index contributed by atoms with van der Waals surface area (Å²) in [5, 5.41) is 0. The molecule has 1 fully saturated rings. The number of hydrogen-bond acceptors (Lipinski definition) is 5. The lowest BCUT2D eigenvalue weighted by Crippen LogP contribution is -2.52. The zero-order chi connectivity index (χ0) is 19.8. The molecule has 0 unspecified atom stereocenters. The van der Waals surface area contributed by atoms with E-state index in [1.807, 2.05) is 19.9 Å². The first-order valence-electron chi connectivity index (χ1n) is 9.23. The predicted octanol–water partition coefficient (Wildman–Crippen LogP) is 2.49. The van der Waals surface area contributed by atoms with E-state index in [-0.39, 0.29) is 36.2 Å². The number of aromatic nitrogens is 1. The Bertz CT molecular complexity index is 954. The Morgan fingerprint density at radius 3 is 2.86 bits per heavy atom. The molecule has 0 bridgehead atoms. The van der Waals surface area contributed by atoms with Gasteiger partial charge in [0, 0.05) is 42.8 Å². The van der Waals surface area contributed by atoms with Gasteiger partial charge in [0.2, 0.25) is 0 Å². The number of likely N-dealkylation sites (tertiary alicyclic amines) is 1. The molecule has 6 nitrogen and oxygen atoms in total. The SMILES string of the molecule is Cc1cc(C)c(OCC2CN(C(=O)c3cc4c(cc3F)OCC(=O)C4)C2)cn1. The van der Waals surface area contributed by atoms with Crippen LogP contribution in [0.3, 0.4) is 0 Å². The van der Waals surface area contributed by atoms with E-state index in [9.17, 15) is 14.0 Å². The van der Waals surface area contributed by atoms with Crippen molar-refractivity contribution in [2.45, 2.75) is 20.3 Å². The number of rotatable bonds is 4. The number of ether oxygens (including phenoxy) is 2. The van der Waals surface area contributed by atoms with Gasteiger partial charge in [-0.05, 0) is 31.5 Å². The van der Waals surface area contributed by atoms with Crippen LogP contribution in [0.1, 0.15) is 27.2 Å². The number of nitrogens with zero attached hydrogens (tertiary/aromatic N) is 2. The highest BCUT2D eigenvalue weighted by atomic mass is 19.1. The summed E-state index contributed by atoms with van der Waals surface area (Å²) in [7, 11) is 0. The first-order chi connectivity index (χ1) is 13.4. The molecule has 28 heavy (non-hydrogen) atoms. The summed E-state index contributed by atoms with van der Waals surface area (Å²) >= 11 is 0. The zero-order valence-corrected chi connectivity index (χ0v) is 15.8. The second-order valence-electron chi connectivity index (χ2n) is 7.42. The molecule has 1 saturated heterocycles. The Morgan fingerprint density at radius 1 is 1.32 bits per heavy atom. The van der Waals surface area contributed by atoms with Crippen LogP contribution in [0.25, 0.3) is 0 Å². The van der Waals surface area contributed by atoms with Crippen LogP contribution in [-0.4, -0.2) is 47.9 Å². The van der Waals surface area contributed by atoms with Gasteiger partial charge >= 0.3 is 0 Å². The van der Waals surface area contributed by atoms with Crippen molar-refractivity contribution in [3.63, 3.8) is 0 Å². The van der Waals surface area contributed by atoms with Crippen molar-refractivity contribution in [1.29, 1.82) is 0 Å². The fraction of sp³-hybridized carbons (Fsp3) is 0.381. The smallest absolute Gasteiger partial charge is 0.256 e. The number of pyridine rings is 1. The number of hydrogen-bond donors (Lipinski definition) is 0. The largest absolute Gasteiger partial charge is 0.491 e. The van der Waals surface area contributed by atoms with E-state index in [1.54, 1.807) is 11.1 Å².